The predicted octanol–water partition coefficient (Wildman–Crippen LogP) is 0.578. The fraction of sp³-hybridized carbons (Fsp3) is 0.400. The van der Waals surface area contributed by atoms with Crippen molar-refractivity contribution in [1.29, 1.82) is 0 Å². The summed E-state index contributed by atoms with van der Waals surface area (Å²) >= 11 is 0. The van der Waals surface area contributed by atoms with Gasteiger partial charge in [-0.25, -0.2) is 0 Å². The summed E-state index contributed by atoms with van der Waals surface area (Å²) in [6.07, 6.45) is 1.74. The van der Waals surface area contributed by atoms with E-state index in [9.17, 15) is 4.79 Å². The summed E-state index contributed by atoms with van der Waals surface area (Å²) in [5, 5.41) is 2.87. The fourth-order valence-corrected chi connectivity index (χ4v) is 1.58. The number of amides is 1. The van der Waals surface area contributed by atoms with E-state index < -0.39 is 0 Å². The van der Waals surface area contributed by atoms with E-state index in [1.54, 1.807) is 6.20 Å². The topological polar surface area (TPSA) is 51.2 Å². The molecule has 1 atom stereocenters. The molecule has 1 saturated heterocycles. The lowest BCUT2D eigenvalue weighted by Crippen LogP contribution is -2.40. The number of hydrogen-bond acceptors (Lipinski definition) is 3. The number of morpholine rings is 1. The number of aryl methyl sites for hydroxylation is 1. The first kappa shape index (κ1) is 9.15. The van der Waals surface area contributed by atoms with Gasteiger partial charge in [-0.15, -0.1) is 0 Å². The van der Waals surface area contributed by atoms with Gasteiger partial charge in [0.15, 0.2) is 0 Å². The van der Waals surface area contributed by atoms with Crippen LogP contribution in [0.25, 0.3) is 0 Å². The lowest BCUT2D eigenvalue weighted by Gasteiger charge is -2.24. The maximum absolute atomic E-state index is 11.1. The third kappa shape index (κ3) is 1.75. The molecule has 1 aliphatic rings. The van der Waals surface area contributed by atoms with Gasteiger partial charge in [0.05, 0.1) is 12.6 Å². The molecule has 0 bridgehead atoms. The summed E-state index contributed by atoms with van der Waals surface area (Å²) in [4.78, 5) is 15.3. The molecule has 1 aliphatic heterocycles. The number of carbonyl (C=O) groups is 1. The van der Waals surface area contributed by atoms with E-state index in [0.29, 0.717) is 6.61 Å². The summed E-state index contributed by atoms with van der Waals surface area (Å²) < 4.78 is 5.16. The SMILES string of the molecule is Cc1ncccc1C1COCC(=O)N1. The van der Waals surface area contributed by atoms with Crippen LogP contribution < -0.4 is 5.32 Å². The minimum absolute atomic E-state index is 0.0510. The van der Waals surface area contributed by atoms with Gasteiger partial charge in [-0.1, -0.05) is 6.07 Å². The van der Waals surface area contributed by atoms with E-state index in [-0.39, 0.29) is 18.6 Å². The van der Waals surface area contributed by atoms with Crippen molar-refractivity contribution in [3.63, 3.8) is 0 Å². The smallest absolute Gasteiger partial charge is 0.246 e. The Morgan fingerprint density at radius 3 is 3.21 bits per heavy atom. The number of carbonyl (C=O) groups excluding carboxylic acids is 1. The second kappa shape index (κ2) is 3.75. The number of rotatable bonds is 1. The minimum Gasteiger partial charge on any atom is -0.369 e. The number of ether oxygens (including phenoxy) is 1. The summed E-state index contributed by atoms with van der Waals surface area (Å²) in [5.74, 6) is -0.0653. The van der Waals surface area contributed by atoms with Crippen LogP contribution in [0.4, 0.5) is 0 Å². The van der Waals surface area contributed by atoms with E-state index in [2.05, 4.69) is 10.3 Å². The average Bonchev–Trinajstić information content (AvgIpc) is 2.18. The molecule has 14 heavy (non-hydrogen) atoms. The Kier molecular flexibility index (Phi) is 2.45. The summed E-state index contributed by atoms with van der Waals surface area (Å²) in [6.45, 7) is 2.62. The first-order chi connectivity index (χ1) is 6.77. The highest BCUT2D eigenvalue weighted by molar-refractivity contribution is 5.78. The van der Waals surface area contributed by atoms with Crippen molar-refractivity contribution >= 4 is 5.91 Å². The van der Waals surface area contributed by atoms with Crippen LogP contribution >= 0.6 is 0 Å². The minimum atomic E-state index is -0.0653. The molecule has 1 aromatic heterocycles. The lowest BCUT2D eigenvalue weighted by molar-refractivity contribution is -0.131. The predicted molar refractivity (Wildman–Crippen MR) is 50.7 cm³/mol. The van der Waals surface area contributed by atoms with Crippen molar-refractivity contribution in [2.24, 2.45) is 0 Å². The van der Waals surface area contributed by atoms with Crippen LogP contribution in [0.3, 0.4) is 0 Å². The van der Waals surface area contributed by atoms with Gasteiger partial charge in [-0.05, 0) is 18.6 Å². The maximum atomic E-state index is 11.1. The fourth-order valence-electron chi connectivity index (χ4n) is 1.58. The Balaban J connectivity index is 2.22. The van der Waals surface area contributed by atoms with Crippen LogP contribution in [0.2, 0.25) is 0 Å². The van der Waals surface area contributed by atoms with E-state index in [1.807, 2.05) is 19.1 Å². The van der Waals surface area contributed by atoms with E-state index >= 15 is 0 Å². The van der Waals surface area contributed by atoms with Crippen LogP contribution in [-0.2, 0) is 9.53 Å². The van der Waals surface area contributed by atoms with Gasteiger partial charge >= 0.3 is 0 Å². The van der Waals surface area contributed by atoms with Gasteiger partial charge in [-0.3, -0.25) is 9.78 Å². The van der Waals surface area contributed by atoms with Crippen LogP contribution in [-0.4, -0.2) is 24.1 Å². The second-order valence-corrected chi connectivity index (χ2v) is 3.31. The molecule has 2 heterocycles. The van der Waals surface area contributed by atoms with Gasteiger partial charge in [0, 0.05) is 11.9 Å². The summed E-state index contributed by atoms with van der Waals surface area (Å²) in [7, 11) is 0. The molecule has 0 radical (unpaired) electrons. The zero-order valence-corrected chi connectivity index (χ0v) is 7.99. The summed E-state index contributed by atoms with van der Waals surface area (Å²) in [5.41, 5.74) is 1.96. The van der Waals surface area contributed by atoms with Crippen LogP contribution in [0.15, 0.2) is 18.3 Å². The van der Waals surface area contributed by atoms with Crippen molar-refractivity contribution in [3.05, 3.63) is 29.6 Å². The van der Waals surface area contributed by atoms with Gasteiger partial charge in [0.1, 0.15) is 6.61 Å². The standard InChI is InChI=1S/C10H12N2O2/c1-7-8(3-2-4-11-7)9-5-14-6-10(13)12-9/h2-4,9H,5-6H2,1H3,(H,12,13). The molecule has 2 rings (SSSR count). The van der Waals surface area contributed by atoms with Crippen molar-refractivity contribution < 1.29 is 9.53 Å². The first-order valence-corrected chi connectivity index (χ1v) is 4.56. The molecule has 74 valence electrons. The average molecular weight is 192 g/mol. The number of nitrogens with zero attached hydrogens (tertiary/aromatic N) is 1. The number of aromatic nitrogens is 1. The Morgan fingerprint density at radius 1 is 1.64 bits per heavy atom. The van der Waals surface area contributed by atoms with Gasteiger partial charge in [0.2, 0.25) is 5.91 Å². The molecule has 1 unspecified atom stereocenters. The van der Waals surface area contributed by atoms with Crippen LogP contribution in [0, 0.1) is 6.92 Å². The quantitative estimate of drug-likeness (QED) is 0.708. The monoisotopic (exact) mass is 192 g/mol. The van der Waals surface area contributed by atoms with Crippen molar-refractivity contribution in [2.45, 2.75) is 13.0 Å². The van der Waals surface area contributed by atoms with Gasteiger partial charge in [-0.2, -0.15) is 0 Å². The third-order valence-corrected chi connectivity index (χ3v) is 2.28. The third-order valence-electron chi connectivity index (χ3n) is 2.28. The van der Waals surface area contributed by atoms with Gasteiger partial charge in [0.25, 0.3) is 0 Å². The Bertz CT molecular complexity index is 352. The molecule has 1 aromatic rings. The summed E-state index contributed by atoms with van der Waals surface area (Å²) in [6, 6.07) is 3.77. The highest BCUT2D eigenvalue weighted by atomic mass is 16.5. The van der Waals surface area contributed by atoms with Crippen LogP contribution in [0.5, 0.6) is 0 Å². The molecule has 1 fully saturated rings. The van der Waals surface area contributed by atoms with E-state index in [4.69, 9.17) is 4.74 Å². The molecular formula is C10H12N2O2. The largest absolute Gasteiger partial charge is 0.369 e. The highest BCUT2D eigenvalue weighted by Gasteiger charge is 2.21. The number of nitrogens with one attached hydrogen (secondary N) is 1. The molecule has 4 nitrogen and oxygen atoms in total. The van der Waals surface area contributed by atoms with Crippen molar-refractivity contribution in [1.82, 2.24) is 10.3 Å². The zero-order chi connectivity index (χ0) is 9.97. The zero-order valence-electron chi connectivity index (χ0n) is 7.99. The Morgan fingerprint density at radius 2 is 2.50 bits per heavy atom. The molecule has 0 spiro atoms. The highest BCUT2D eigenvalue weighted by Crippen LogP contribution is 2.17. The van der Waals surface area contributed by atoms with Crippen molar-refractivity contribution in [2.75, 3.05) is 13.2 Å². The maximum Gasteiger partial charge on any atom is 0.246 e. The molecule has 1 N–H and O–H groups in total. The molecule has 0 aliphatic carbocycles. The van der Waals surface area contributed by atoms with E-state index in [1.165, 1.54) is 0 Å². The first-order valence-electron chi connectivity index (χ1n) is 4.56. The number of hydrogen-bond donors (Lipinski definition) is 1. The molecular weight excluding hydrogens is 180 g/mol. The van der Waals surface area contributed by atoms with Gasteiger partial charge < -0.3 is 10.1 Å². The Labute approximate surface area is 82.3 Å². The number of pyridine rings is 1. The molecule has 0 aromatic carbocycles. The van der Waals surface area contributed by atoms with Crippen LogP contribution in [0.1, 0.15) is 17.3 Å². The Hall–Kier alpha value is -1.42. The normalized spacial score (nSPS) is 21.8. The molecule has 4 heteroatoms. The van der Waals surface area contributed by atoms with Crippen molar-refractivity contribution in [3.8, 4) is 0 Å². The molecule has 0 saturated carbocycles. The molecule has 1 amide bonds. The van der Waals surface area contributed by atoms with E-state index in [0.717, 1.165) is 11.3 Å². The lowest BCUT2D eigenvalue weighted by atomic mass is 10.1. The second-order valence-electron chi connectivity index (χ2n) is 3.31.